The first-order chi connectivity index (χ1) is 21.9. The molecule has 0 spiro atoms. The number of rotatable bonds is 4. The molecule has 9 rings (SSSR count). The van der Waals surface area contributed by atoms with Gasteiger partial charge in [-0.25, -0.2) is 0 Å². The third kappa shape index (κ3) is 4.50. The van der Waals surface area contributed by atoms with E-state index in [2.05, 4.69) is 161 Å². The van der Waals surface area contributed by atoms with Crippen LogP contribution in [-0.4, -0.2) is 0 Å². The fourth-order valence-electron chi connectivity index (χ4n) is 9.90. The van der Waals surface area contributed by atoms with Gasteiger partial charge in [-0.3, -0.25) is 0 Å². The zero-order chi connectivity index (χ0) is 30.5. The van der Waals surface area contributed by atoms with Gasteiger partial charge in [-0.15, -0.1) is 0 Å². The van der Waals surface area contributed by atoms with Crippen LogP contribution in [0.3, 0.4) is 0 Å². The molecule has 47 heavy (non-hydrogen) atoms. The standard InChI is InChI=1S/2C20H15.C4H8.2ClH.Zr/c2*1-14-13-16-8-3-5-11-18(16)20(14)19-12-6-9-15-7-2-4-10-17(15)19;1-4(2)3;;;/h2*2-13H,1H3;1H2,2-3H3;2*1H;/q;;;;;+2/p-2. The quantitative estimate of drug-likeness (QED) is 0.202. The van der Waals surface area contributed by atoms with Crippen molar-refractivity contribution < 1.29 is 45.1 Å². The average molecular weight is 729 g/mol. The monoisotopic (exact) mass is 726 g/mol. The molecule has 0 bridgehead atoms. The Morgan fingerprint density at radius 3 is 1.23 bits per heavy atom. The van der Waals surface area contributed by atoms with Crippen molar-refractivity contribution in [1.29, 1.82) is 0 Å². The maximum absolute atomic E-state index is 3.13. The van der Waals surface area contributed by atoms with Crippen LogP contribution >= 0.6 is 0 Å². The van der Waals surface area contributed by atoms with Crippen LogP contribution in [0.25, 0.3) is 32.7 Å². The van der Waals surface area contributed by atoms with E-state index in [1.807, 2.05) is 0 Å². The van der Waals surface area contributed by atoms with Gasteiger partial charge in [0.1, 0.15) is 0 Å². The average Bonchev–Trinajstić information content (AvgIpc) is 3.33. The zero-order valence-electron chi connectivity index (χ0n) is 27.3. The molecular formula is C44H38Cl2Zr. The second kappa shape index (κ2) is 11.7. The number of halogens is 2. The smallest absolute Gasteiger partial charge is 1.00 e. The molecule has 2 aliphatic carbocycles. The zero-order valence-corrected chi connectivity index (χ0v) is 31.3. The second-order valence-electron chi connectivity index (χ2n) is 14.3. The molecule has 0 radical (unpaired) electrons. The van der Waals surface area contributed by atoms with E-state index in [0.29, 0.717) is 10.4 Å². The van der Waals surface area contributed by atoms with E-state index in [1.54, 1.807) is 22.3 Å². The van der Waals surface area contributed by atoms with Crippen molar-refractivity contribution in [3.8, 4) is 0 Å². The predicted molar refractivity (Wildman–Crippen MR) is 189 cm³/mol. The molecule has 0 amide bonds. The fraction of sp³-hybridized carbons (Fsp3) is 0.182. The van der Waals surface area contributed by atoms with E-state index in [9.17, 15) is 0 Å². The molecule has 232 valence electrons. The van der Waals surface area contributed by atoms with E-state index in [4.69, 9.17) is 0 Å². The Morgan fingerprint density at radius 1 is 0.468 bits per heavy atom. The van der Waals surface area contributed by atoms with Gasteiger partial charge in [0.05, 0.1) is 0 Å². The van der Waals surface area contributed by atoms with Gasteiger partial charge < -0.3 is 24.8 Å². The van der Waals surface area contributed by atoms with Gasteiger partial charge in [0.2, 0.25) is 0 Å². The second-order valence-corrected chi connectivity index (χ2v) is 26.5. The van der Waals surface area contributed by atoms with Crippen LogP contribution in [0, 0.1) is 0 Å². The van der Waals surface area contributed by atoms with Crippen LogP contribution in [0.15, 0.2) is 145 Å². The van der Waals surface area contributed by atoms with E-state index in [1.165, 1.54) is 59.1 Å². The van der Waals surface area contributed by atoms with Crippen LogP contribution in [-0.2, 0) is 20.3 Å². The first kappa shape index (κ1) is 32.3. The molecule has 1 heterocycles. The molecule has 0 nitrogen and oxygen atoms in total. The summed E-state index contributed by atoms with van der Waals surface area (Å²) in [6.07, 6.45) is 0. The Labute approximate surface area is 295 Å². The van der Waals surface area contributed by atoms with Gasteiger partial charge in [-0.2, -0.15) is 0 Å². The molecular weight excluding hydrogens is 691 g/mol. The minimum Gasteiger partial charge on any atom is -1.00 e. The van der Waals surface area contributed by atoms with Gasteiger partial charge in [0.15, 0.2) is 0 Å². The van der Waals surface area contributed by atoms with Gasteiger partial charge in [0, 0.05) is 0 Å². The summed E-state index contributed by atoms with van der Waals surface area (Å²) in [6, 6.07) is 50.6. The molecule has 1 fully saturated rings. The van der Waals surface area contributed by atoms with Crippen molar-refractivity contribution in [3.63, 3.8) is 0 Å². The Kier molecular flexibility index (Phi) is 8.07. The molecule has 0 saturated carbocycles. The van der Waals surface area contributed by atoms with E-state index >= 15 is 0 Å². The van der Waals surface area contributed by atoms with Crippen LogP contribution in [0.5, 0.6) is 0 Å². The topological polar surface area (TPSA) is 0 Å². The van der Waals surface area contributed by atoms with Crippen LogP contribution in [0.2, 0.25) is 7.25 Å². The largest absolute Gasteiger partial charge is 1.00 e. The third-order valence-electron chi connectivity index (χ3n) is 11.8. The normalized spacial score (nSPS) is 20.8. The SMILES string of the molecule is CC1=C(c2cccc3ccccc23)c2ccccc2[CH]1[Zr+2]1([CH]2C(C)=C(c3cccc4ccccc34)c3ccccc32)[CH2][C]1(C)C.[Cl-].[Cl-]. The van der Waals surface area contributed by atoms with E-state index < -0.39 is 20.3 Å². The molecule has 6 aromatic carbocycles. The van der Waals surface area contributed by atoms with Crippen molar-refractivity contribution in [1.82, 2.24) is 0 Å². The summed E-state index contributed by atoms with van der Waals surface area (Å²) in [6.45, 7) is 10.3. The van der Waals surface area contributed by atoms with Crippen LogP contribution < -0.4 is 24.8 Å². The summed E-state index contributed by atoms with van der Waals surface area (Å²) >= 11 is -3.13. The molecule has 2 unspecified atom stereocenters. The Morgan fingerprint density at radius 2 is 0.809 bits per heavy atom. The first-order valence-electron chi connectivity index (χ1n) is 16.5. The Balaban J connectivity index is 0.00000176. The van der Waals surface area contributed by atoms with Gasteiger partial charge >= 0.3 is 273 Å². The van der Waals surface area contributed by atoms with E-state index in [-0.39, 0.29) is 24.8 Å². The third-order valence-corrected chi connectivity index (χ3v) is 29.7. The molecule has 3 heteroatoms. The molecule has 1 saturated heterocycles. The maximum Gasteiger partial charge on any atom is -1.00 e. The Hall–Kier alpha value is -3.22. The summed E-state index contributed by atoms with van der Waals surface area (Å²) in [5.74, 6) is 0. The molecule has 2 atom stereocenters. The van der Waals surface area contributed by atoms with Crippen molar-refractivity contribution in [2.75, 3.05) is 0 Å². The van der Waals surface area contributed by atoms with Gasteiger partial charge in [-0.1, -0.05) is 0 Å². The summed E-state index contributed by atoms with van der Waals surface area (Å²) in [4.78, 5) is 0. The number of hydrogen-bond donors (Lipinski definition) is 0. The maximum atomic E-state index is 2.63. The molecule has 0 aromatic heterocycles. The van der Waals surface area contributed by atoms with Crippen LogP contribution in [0.4, 0.5) is 0 Å². The summed E-state index contributed by atoms with van der Waals surface area (Å²) in [7, 11) is 0. The summed E-state index contributed by atoms with van der Waals surface area (Å²) in [5.41, 5.74) is 15.2. The van der Waals surface area contributed by atoms with Crippen molar-refractivity contribution in [2.24, 2.45) is 0 Å². The number of benzene rings is 6. The van der Waals surface area contributed by atoms with Gasteiger partial charge in [-0.05, 0) is 0 Å². The number of fused-ring (bicyclic) bond motifs is 4. The summed E-state index contributed by atoms with van der Waals surface area (Å²) < 4.78 is 2.92. The number of hydrogen-bond acceptors (Lipinski definition) is 0. The molecule has 6 aromatic rings. The first-order valence-corrected chi connectivity index (χ1v) is 22.3. The predicted octanol–water partition coefficient (Wildman–Crippen LogP) is 6.24. The summed E-state index contributed by atoms with van der Waals surface area (Å²) in [5, 5.41) is 5.38. The van der Waals surface area contributed by atoms with Crippen molar-refractivity contribution in [2.45, 2.75) is 42.2 Å². The van der Waals surface area contributed by atoms with Crippen molar-refractivity contribution in [3.05, 3.63) is 178 Å². The minimum absolute atomic E-state index is 0. The Bertz CT molecular complexity index is 2110. The fourth-order valence-corrected chi connectivity index (χ4v) is 30.4. The van der Waals surface area contributed by atoms with Gasteiger partial charge in [0.25, 0.3) is 0 Å². The van der Waals surface area contributed by atoms with E-state index in [0.717, 1.165) is 0 Å². The molecule has 1 aliphatic heterocycles. The molecule has 0 N–H and O–H groups in total. The molecule has 3 aliphatic rings. The van der Waals surface area contributed by atoms with Crippen molar-refractivity contribution >= 4 is 32.7 Å². The number of allylic oxidation sites excluding steroid dienone is 2. The minimum atomic E-state index is -3.13. The van der Waals surface area contributed by atoms with Crippen LogP contribution in [0.1, 0.15) is 68.3 Å².